The lowest BCUT2D eigenvalue weighted by molar-refractivity contribution is 0.369. The fourth-order valence-corrected chi connectivity index (χ4v) is 4.43. The van der Waals surface area contributed by atoms with Gasteiger partial charge in [0.1, 0.15) is 16.5 Å². The third kappa shape index (κ3) is 3.50. The molecule has 6 heteroatoms. The smallest absolute Gasteiger partial charge is 0.260 e. The molecule has 1 aromatic carbocycles. The highest BCUT2D eigenvalue weighted by molar-refractivity contribution is 7.17. The van der Waals surface area contributed by atoms with E-state index in [9.17, 15) is 9.18 Å². The number of H-pyrrole nitrogens is 1. The zero-order chi connectivity index (χ0) is 17.2. The molecule has 4 rings (SSSR count). The van der Waals surface area contributed by atoms with Gasteiger partial charge in [0.25, 0.3) is 5.56 Å². The molecule has 3 aromatic rings. The highest BCUT2D eigenvalue weighted by Gasteiger charge is 2.15. The summed E-state index contributed by atoms with van der Waals surface area (Å²) in [5, 5.41) is 6.00. The highest BCUT2D eigenvalue weighted by atomic mass is 32.1. The molecule has 0 unspecified atom stereocenters. The zero-order valence-corrected chi connectivity index (χ0v) is 14.7. The number of nitrogens with one attached hydrogen (secondary N) is 2. The van der Waals surface area contributed by atoms with Crippen molar-refractivity contribution >= 4 is 21.6 Å². The molecule has 0 amide bonds. The molecule has 25 heavy (non-hydrogen) atoms. The lowest BCUT2D eigenvalue weighted by atomic mass is 9.95. The predicted molar refractivity (Wildman–Crippen MR) is 99.3 cm³/mol. The molecule has 0 spiro atoms. The summed E-state index contributed by atoms with van der Waals surface area (Å²) in [6.07, 6.45) is 6.25. The van der Waals surface area contributed by atoms with Gasteiger partial charge in [-0.2, -0.15) is 0 Å². The second-order valence-corrected chi connectivity index (χ2v) is 7.42. The maximum atomic E-state index is 13.1. The minimum atomic E-state index is -0.286. The van der Waals surface area contributed by atoms with E-state index >= 15 is 0 Å². The molecule has 130 valence electrons. The molecule has 0 radical (unpaired) electrons. The lowest BCUT2D eigenvalue weighted by Gasteiger charge is -2.22. The molecule has 1 saturated carbocycles. The van der Waals surface area contributed by atoms with Crippen molar-refractivity contribution < 1.29 is 4.39 Å². The van der Waals surface area contributed by atoms with Crippen molar-refractivity contribution in [2.24, 2.45) is 0 Å². The van der Waals surface area contributed by atoms with E-state index in [-0.39, 0.29) is 11.4 Å². The van der Waals surface area contributed by atoms with Crippen LogP contribution in [0.1, 0.15) is 37.9 Å². The van der Waals surface area contributed by atoms with Crippen LogP contribution in [0.25, 0.3) is 21.3 Å². The Kier molecular flexibility index (Phi) is 4.63. The fourth-order valence-electron chi connectivity index (χ4n) is 3.47. The summed E-state index contributed by atoms with van der Waals surface area (Å²) in [6.45, 7) is 0.583. The highest BCUT2D eigenvalue weighted by Crippen LogP contribution is 2.30. The van der Waals surface area contributed by atoms with Gasteiger partial charge >= 0.3 is 0 Å². The van der Waals surface area contributed by atoms with Crippen LogP contribution < -0.4 is 10.9 Å². The van der Waals surface area contributed by atoms with Gasteiger partial charge in [-0.1, -0.05) is 31.4 Å². The Bertz CT molecular complexity index is 926. The molecular formula is C19H20FN3OS. The second kappa shape index (κ2) is 7.06. The third-order valence-corrected chi connectivity index (χ3v) is 5.68. The quantitative estimate of drug-likeness (QED) is 0.735. The van der Waals surface area contributed by atoms with E-state index < -0.39 is 0 Å². The summed E-state index contributed by atoms with van der Waals surface area (Å²) in [7, 11) is 0. The summed E-state index contributed by atoms with van der Waals surface area (Å²) in [4.78, 5) is 20.8. The summed E-state index contributed by atoms with van der Waals surface area (Å²) >= 11 is 1.45. The van der Waals surface area contributed by atoms with Gasteiger partial charge in [-0.05, 0) is 30.5 Å². The van der Waals surface area contributed by atoms with Crippen LogP contribution in [0.2, 0.25) is 0 Å². The standard InChI is InChI=1S/C19H20FN3OS/c20-13-8-6-12(7-9-13)15-11-25-19-17(15)18(24)22-16(23-19)10-21-14-4-2-1-3-5-14/h6-9,11,14,21H,1-5,10H2,(H,22,23,24). The summed E-state index contributed by atoms with van der Waals surface area (Å²) in [5.74, 6) is 0.391. The van der Waals surface area contributed by atoms with Crippen molar-refractivity contribution in [1.29, 1.82) is 0 Å². The maximum Gasteiger partial charge on any atom is 0.260 e. The van der Waals surface area contributed by atoms with Crippen molar-refractivity contribution in [3.63, 3.8) is 0 Å². The summed E-state index contributed by atoms with van der Waals surface area (Å²) < 4.78 is 13.1. The average molecular weight is 357 g/mol. The Morgan fingerprint density at radius 3 is 2.72 bits per heavy atom. The lowest BCUT2D eigenvalue weighted by Crippen LogP contribution is -2.31. The maximum absolute atomic E-state index is 13.1. The largest absolute Gasteiger partial charge is 0.309 e. The van der Waals surface area contributed by atoms with E-state index in [2.05, 4.69) is 15.3 Å². The molecule has 0 bridgehead atoms. The number of hydrogen-bond acceptors (Lipinski definition) is 4. The van der Waals surface area contributed by atoms with Crippen molar-refractivity contribution in [1.82, 2.24) is 15.3 Å². The average Bonchev–Trinajstić information content (AvgIpc) is 3.06. The molecule has 1 aliphatic carbocycles. The monoisotopic (exact) mass is 357 g/mol. The Hall–Kier alpha value is -2.05. The summed E-state index contributed by atoms with van der Waals surface area (Å²) in [5.41, 5.74) is 1.50. The molecule has 2 aromatic heterocycles. The normalized spacial score (nSPS) is 15.7. The van der Waals surface area contributed by atoms with Crippen LogP contribution in [0.5, 0.6) is 0 Å². The first-order valence-corrected chi connectivity index (χ1v) is 9.58. The third-order valence-electron chi connectivity index (χ3n) is 4.81. The van der Waals surface area contributed by atoms with Gasteiger partial charge in [0, 0.05) is 17.0 Å². The molecule has 1 fully saturated rings. The van der Waals surface area contributed by atoms with Crippen molar-refractivity contribution in [3.8, 4) is 11.1 Å². The van der Waals surface area contributed by atoms with E-state index in [0.29, 0.717) is 23.8 Å². The van der Waals surface area contributed by atoms with E-state index in [0.717, 1.165) is 16.0 Å². The van der Waals surface area contributed by atoms with Crippen LogP contribution in [-0.2, 0) is 6.54 Å². The van der Waals surface area contributed by atoms with Crippen molar-refractivity contribution in [2.45, 2.75) is 44.7 Å². The van der Waals surface area contributed by atoms with Gasteiger partial charge in [-0.15, -0.1) is 11.3 Å². The van der Waals surface area contributed by atoms with E-state index in [4.69, 9.17) is 0 Å². The van der Waals surface area contributed by atoms with Gasteiger partial charge in [0.05, 0.1) is 11.9 Å². The van der Waals surface area contributed by atoms with E-state index in [1.807, 2.05) is 5.38 Å². The van der Waals surface area contributed by atoms with Crippen LogP contribution in [0, 0.1) is 5.82 Å². The number of fused-ring (bicyclic) bond motifs is 1. The van der Waals surface area contributed by atoms with Crippen LogP contribution in [-0.4, -0.2) is 16.0 Å². The first kappa shape index (κ1) is 16.4. The molecule has 4 nitrogen and oxygen atoms in total. The molecule has 1 aliphatic rings. The number of hydrogen-bond donors (Lipinski definition) is 2. The van der Waals surface area contributed by atoms with E-state index in [1.54, 1.807) is 12.1 Å². The summed E-state index contributed by atoms with van der Waals surface area (Å²) in [6, 6.07) is 6.71. The Morgan fingerprint density at radius 2 is 1.96 bits per heavy atom. The number of thiophene rings is 1. The Balaban J connectivity index is 1.60. The Morgan fingerprint density at radius 1 is 1.20 bits per heavy atom. The minimum Gasteiger partial charge on any atom is -0.309 e. The molecular weight excluding hydrogens is 337 g/mol. The van der Waals surface area contributed by atoms with Gasteiger partial charge < -0.3 is 10.3 Å². The molecule has 0 saturated heterocycles. The van der Waals surface area contributed by atoms with Gasteiger partial charge in [-0.25, -0.2) is 9.37 Å². The number of aromatic amines is 1. The first-order chi connectivity index (χ1) is 12.2. The molecule has 0 aliphatic heterocycles. The topological polar surface area (TPSA) is 57.8 Å². The first-order valence-electron chi connectivity index (χ1n) is 8.70. The van der Waals surface area contributed by atoms with Gasteiger partial charge in [0.2, 0.25) is 0 Å². The predicted octanol–water partition coefficient (Wildman–Crippen LogP) is 4.21. The second-order valence-electron chi connectivity index (χ2n) is 6.56. The SMILES string of the molecule is O=c1[nH]c(CNC2CCCCC2)nc2scc(-c3ccc(F)cc3)c12. The zero-order valence-electron chi connectivity index (χ0n) is 13.8. The minimum absolute atomic E-state index is 0.133. The van der Waals surface area contributed by atoms with Crippen molar-refractivity contribution in [2.75, 3.05) is 0 Å². The fraction of sp³-hybridized carbons (Fsp3) is 0.368. The van der Waals surface area contributed by atoms with E-state index in [1.165, 1.54) is 55.6 Å². The molecule has 2 heterocycles. The van der Waals surface area contributed by atoms with Gasteiger partial charge in [-0.3, -0.25) is 4.79 Å². The van der Waals surface area contributed by atoms with Crippen LogP contribution in [0.3, 0.4) is 0 Å². The van der Waals surface area contributed by atoms with Crippen LogP contribution >= 0.6 is 11.3 Å². The number of nitrogens with zero attached hydrogens (tertiary/aromatic N) is 1. The number of rotatable bonds is 4. The van der Waals surface area contributed by atoms with Gasteiger partial charge in [0.15, 0.2) is 0 Å². The van der Waals surface area contributed by atoms with Crippen LogP contribution in [0.15, 0.2) is 34.4 Å². The molecule has 2 N–H and O–H groups in total. The molecule has 0 atom stereocenters. The number of halogens is 1. The number of aromatic nitrogens is 2. The van der Waals surface area contributed by atoms with Crippen LogP contribution in [0.4, 0.5) is 4.39 Å². The number of benzene rings is 1. The Labute approximate surface area is 149 Å². The van der Waals surface area contributed by atoms with Crippen molar-refractivity contribution in [3.05, 3.63) is 51.6 Å².